The molecule has 145 valence electrons. The number of likely N-dealkylation sites (tertiary alicyclic amines) is 1. The van der Waals surface area contributed by atoms with Gasteiger partial charge < -0.3 is 10.2 Å². The Bertz CT molecular complexity index is 749. The number of likely N-dealkylation sites (N-methyl/N-ethyl adjacent to an activating group) is 1. The predicted octanol–water partition coefficient (Wildman–Crippen LogP) is 0.816. The van der Waals surface area contributed by atoms with E-state index in [1.54, 1.807) is 18.0 Å². The molecule has 0 saturated carbocycles. The number of amides is 3. The molecular weight excluding hydrogens is 405 g/mol. The summed E-state index contributed by atoms with van der Waals surface area (Å²) in [4.78, 5) is 51.9. The first-order valence-electron chi connectivity index (χ1n) is 8.79. The average Bonchev–Trinajstić information content (AvgIpc) is 2.91. The maximum atomic E-state index is 12.6. The molecule has 3 rings (SSSR count). The Morgan fingerprint density at radius 2 is 2.04 bits per heavy atom. The number of rotatable bonds is 5. The van der Waals surface area contributed by atoms with Gasteiger partial charge in [-0.2, -0.15) is 0 Å². The number of allylic oxidation sites excluding steroid dienone is 2. The summed E-state index contributed by atoms with van der Waals surface area (Å²) in [7, 11) is 1.75. The van der Waals surface area contributed by atoms with Crippen LogP contribution in [0.1, 0.15) is 33.1 Å². The quantitative estimate of drug-likeness (QED) is 0.518. The van der Waals surface area contributed by atoms with Crippen LogP contribution in [0.5, 0.6) is 0 Å². The molecule has 2 saturated heterocycles. The summed E-state index contributed by atoms with van der Waals surface area (Å²) in [5, 5.41) is 2.51. The van der Waals surface area contributed by atoms with Crippen LogP contribution in [0.3, 0.4) is 0 Å². The van der Waals surface area contributed by atoms with Gasteiger partial charge in [0.15, 0.2) is 5.78 Å². The molecule has 1 N–H and O–H groups in total. The molecule has 0 aromatic rings. The van der Waals surface area contributed by atoms with Crippen LogP contribution in [0.25, 0.3) is 0 Å². The summed E-state index contributed by atoms with van der Waals surface area (Å²) in [6, 6.07) is -0.582. The molecule has 3 aliphatic rings. The minimum absolute atomic E-state index is 0. The number of β-lactam (4-membered cyclic amide) rings is 1. The van der Waals surface area contributed by atoms with Gasteiger partial charge in [0.25, 0.3) is 5.91 Å². The van der Waals surface area contributed by atoms with Crippen molar-refractivity contribution in [3.8, 4) is 0 Å². The molecule has 9 heteroatoms. The van der Waals surface area contributed by atoms with Gasteiger partial charge in [-0.05, 0) is 24.5 Å². The largest absolute Gasteiger partial charge is 0.342 e. The van der Waals surface area contributed by atoms with Gasteiger partial charge in [-0.15, -0.1) is 11.8 Å². The van der Waals surface area contributed by atoms with Crippen LogP contribution in [0.4, 0.5) is 0 Å². The maximum Gasteiger partial charge on any atom is 0.253 e. The number of carbonyl (C=O) groups is 4. The fourth-order valence-corrected chi connectivity index (χ4v) is 4.77. The van der Waals surface area contributed by atoms with E-state index in [0.29, 0.717) is 48.4 Å². The second-order valence-corrected chi connectivity index (χ2v) is 7.89. The number of thioether (sulfide) groups is 1. The Kier molecular flexibility index (Phi) is 7.00. The zero-order valence-electron chi connectivity index (χ0n) is 15.7. The molecule has 0 aromatic carbocycles. The summed E-state index contributed by atoms with van der Waals surface area (Å²) >= 11 is 1.51. The van der Waals surface area contributed by atoms with Gasteiger partial charge in [0, 0.05) is 56.8 Å². The molecule has 0 spiro atoms. The standard InChI is InChI=1S/C18H23N3O4S.V/c1-4-5-13(23)19-14-17(25)21-15(10(2)22)12(9-26-18(14)21)8-11-6-7-20(3)16(11)24;/h8,14,18H,4-7,9H2,1-3H3,(H,19,23);. The van der Waals surface area contributed by atoms with Crippen molar-refractivity contribution in [2.45, 2.75) is 44.5 Å². The fraction of sp³-hybridized carbons (Fsp3) is 0.556. The molecule has 3 aliphatic heterocycles. The van der Waals surface area contributed by atoms with Gasteiger partial charge >= 0.3 is 0 Å². The van der Waals surface area contributed by atoms with E-state index in [2.05, 4.69) is 5.32 Å². The van der Waals surface area contributed by atoms with E-state index in [9.17, 15) is 19.2 Å². The second-order valence-electron chi connectivity index (χ2n) is 6.78. The Labute approximate surface area is 174 Å². The maximum absolute atomic E-state index is 12.6. The van der Waals surface area contributed by atoms with Crippen molar-refractivity contribution in [3.63, 3.8) is 0 Å². The Morgan fingerprint density at radius 3 is 2.59 bits per heavy atom. The van der Waals surface area contributed by atoms with E-state index in [1.165, 1.54) is 23.6 Å². The minimum atomic E-state index is -0.582. The number of carbonyl (C=O) groups excluding carboxylic acids is 4. The number of hydrogen-bond donors (Lipinski definition) is 1. The third-order valence-corrected chi connectivity index (χ3v) is 6.11. The van der Waals surface area contributed by atoms with Crippen LogP contribution in [0, 0.1) is 0 Å². The second kappa shape index (κ2) is 8.67. The normalized spacial score (nSPS) is 26.0. The van der Waals surface area contributed by atoms with E-state index >= 15 is 0 Å². The fourth-order valence-electron chi connectivity index (χ4n) is 3.47. The molecule has 2 unspecified atom stereocenters. The molecular formula is C18H23N3O4SV. The number of ketones is 1. The van der Waals surface area contributed by atoms with Crippen molar-refractivity contribution in [2.75, 3.05) is 19.3 Å². The van der Waals surface area contributed by atoms with Crippen LogP contribution in [0.2, 0.25) is 0 Å². The first-order valence-corrected chi connectivity index (χ1v) is 9.84. The van der Waals surface area contributed by atoms with Gasteiger partial charge in [0.1, 0.15) is 11.4 Å². The summed E-state index contributed by atoms with van der Waals surface area (Å²) in [6.45, 7) is 4.00. The van der Waals surface area contributed by atoms with Crippen LogP contribution < -0.4 is 5.32 Å². The van der Waals surface area contributed by atoms with Crippen molar-refractivity contribution >= 4 is 35.3 Å². The first-order chi connectivity index (χ1) is 12.3. The number of nitrogens with one attached hydrogen (secondary N) is 1. The summed E-state index contributed by atoms with van der Waals surface area (Å²) in [6.07, 6.45) is 3.50. The van der Waals surface area contributed by atoms with Crippen molar-refractivity contribution in [3.05, 3.63) is 22.9 Å². The predicted molar refractivity (Wildman–Crippen MR) is 98.0 cm³/mol. The third-order valence-electron chi connectivity index (χ3n) is 4.81. The molecule has 3 amide bonds. The van der Waals surface area contributed by atoms with Crippen molar-refractivity contribution in [1.82, 2.24) is 15.1 Å². The van der Waals surface area contributed by atoms with E-state index < -0.39 is 6.04 Å². The summed E-state index contributed by atoms with van der Waals surface area (Å²) in [5.74, 6) is -0.112. The zero-order valence-corrected chi connectivity index (χ0v) is 17.9. The molecule has 0 aromatic heterocycles. The topological polar surface area (TPSA) is 86.8 Å². The van der Waals surface area contributed by atoms with Crippen LogP contribution in [-0.4, -0.2) is 64.1 Å². The van der Waals surface area contributed by atoms with Gasteiger partial charge in [0.05, 0.1) is 5.70 Å². The third kappa shape index (κ3) is 4.02. The smallest absolute Gasteiger partial charge is 0.253 e. The SMILES string of the molecule is CCCC(=O)NC1C(=O)N2C(C(C)=O)=C(C=C3CCN(C)C3=O)CSC12.[V]. The zero-order chi connectivity index (χ0) is 19.0. The molecule has 27 heavy (non-hydrogen) atoms. The number of Topliss-reactive ketones (excluding diaryl/α,β-unsaturated/α-hetero) is 1. The molecule has 2 atom stereocenters. The minimum Gasteiger partial charge on any atom is -0.342 e. The van der Waals surface area contributed by atoms with Crippen molar-refractivity contribution < 1.29 is 37.7 Å². The average molecular weight is 428 g/mol. The van der Waals surface area contributed by atoms with Gasteiger partial charge in [-0.3, -0.25) is 24.1 Å². The monoisotopic (exact) mass is 428 g/mol. The Hall–Kier alpha value is -1.51. The van der Waals surface area contributed by atoms with Gasteiger partial charge in [-0.25, -0.2) is 0 Å². The van der Waals surface area contributed by atoms with Crippen LogP contribution in [0.15, 0.2) is 22.9 Å². The molecule has 1 radical (unpaired) electrons. The molecule has 2 fully saturated rings. The number of fused-ring (bicyclic) bond motifs is 1. The van der Waals surface area contributed by atoms with Crippen LogP contribution in [-0.2, 0) is 37.7 Å². The van der Waals surface area contributed by atoms with Gasteiger partial charge in [0.2, 0.25) is 11.8 Å². The van der Waals surface area contributed by atoms with E-state index in [0.717, 1.165) is 0 Å². The molecule has 7 nitrogen and oxygen atoms in total. The number of hydrogen-bond acceptors (Lipinski definition) is 5. The molecule has 3 heterocycles. The Balaban J connectivity index is 0.00000261. The summed E-state index contributed by atoms with van der Waals surface area (Å²) in [5.41, 5.74) is 1.74. The van der Waals surface area contributed by atoms with Gasteiger partial charge in [-0.1, -0.05) is 6.92 Å². The van der Waals surface area contributed by atoms with E-state index in [-0.39, 0.29) is 47.4 Å². The summed E-state index contributed by atoms with van der Waals surface area (Å²) < 4.78 is 0. The molecule has 0 bridgehead atoms. The van der Waals surface area contributed by atoms with Crippen LogP contribution >= 0.6 is 11.8 Å². The number of nitrogens with zero attached hydrogens (tertiary/aromatic N) is 2. The van der Waals surface area contributed by atoms with E-state index in [4.69, 9.17) is 0 Å². The van der Waals surface area contributed by atoms with E-state index in [1.807, 2.05) is 6.92 Å². The van der Waals surface area contributed by atoms with Crippen molar-refractivity contribution in [1.29, 1.82) is 0 Å². The Morgan fingerprint density at radius 1 is 1.33 bits per heavy atom. The van der Waals surface area contributed by atoms with Crippen molar-refractivity contribution in [2.24, 2.45) is 0 Å². The molecule has 0 aliphatic carbocycles. The first kappa shape index (κ1) is 21.8.